The second kappa shape index (κ2) is 6.07. The largest absolute Gasteiger partial charge is 0.336 e. The summed E-state index contributed by atoms with van der Waals surface area (Å²) in [7, 11) is 0. The van der Waals surface area contributed by atoms with E-state index in [0.29, 0.717) is 36.4 Å². The summed E-state index contributed by atoms with van der Waals surface area (Å²) in [5, 5.41) is 3.36. The van der Waals surface area contributed by atoms with Gasteiger partial charge in [0.25, 0.3) is 0 Å². The van der Waals surface area contributed by atoms with Crippen molar-refractivity contribution < 1.29 is 4.79 Å². The van der Waals surface area contributed by atoms with Gasteiger partial charge < -0.3 is 5.32 Å². The molecule has 0 saturated carbocycles. The minimum Gasteiger partial charge on any atom is -0.336 e. The van der Waals surface area contributed by atoms with E-state index in [1.165, 1.54) is 0 Å². The summed E-state index contributed by atoms with van der Waals surface area (Å²) in [5.41, 5.74) is 0.848. The molecular formula is C12H13Cl2N3O. The Bertz CT molecular complexity index is 476. The smallest absolute Gasteiger partial charge is 0.323 e. The Morgan fingerprint density at radius 1 is 1.50 bits per heavy atom. The number of alkyl halides is 1. The van der Waals surface area contributed by atoms with Crippen LogP contribution in [-0.4, -0.2) is 42.3 Å². The average molecular weight is 286 g/mol. The number of hydrogen-bond donors (Lipinski definition) is 1. The van der Waals surface area contributed by atoms with Gasteiger partial charge in [0.05, 0.1) is 6.54 Å². The summed E-state index contributed by atoms with van der Waals surface area (Å²) in [4.78, 5) is 17.9. The van der Waals surface area contributed by atoms with Crippen molar-refractivity contribution in [3.63, 3.8) is 0 Å². The molecule has 4 nitrogen and oxygen atoms in total. The first-order chi connectivity index (χ1) is 8.72. The molecule has 96 valence electrons. The maximum atomic E-state index is 11.9. The first-order valence-corrected chi connectivity index (χ1v) is 6.55. The minimum absolute atomic E-state index is 0.174. The Hall–Kier alpha value is -1.26. The van der Waals surface area contributed by atoms with E-state index in [-0.39, 0.29) is 6.03 Å². The van der Waals surface area contributed by atoms with Crippen LogP contribution < -0.4 is 5.32 Å². The molecule has 0 unspecified atom stereocenters. The molecule has 1 N–H and O–H groups in total. The fourth-order valence-electron chi connectivity index (χ4n) is 1.77. The molecule has 1 aliphatic heterocycles. The van der Waals surface area contributed by atoms with Gasteiger partial charge in [0.2, 0.25) is 0 Å². The van der Waals surface area contributed by atoms with Crippen molar-refractivity contribution in [1.29, 1.82) is 0 Å². The number of nitrogens with zero attached hydrogens (tertiary/aromatic N) is 2. The number of amidine groups is 1. The van der Waals surface area contributed by atoms with Crippen LogP contribution in [-0.2, 0) is 0 Å². The average Bonchev–Trinajstić information content (AvgIpc) is 2.85. The monoisotopic (exact) mass is 285 g/mol. The van der Waals surface area contributed by atoms with Crippen LogP contribution in [0.5, 0.6) is 0 Å². The molecule has 0 aromatic heterocycles. The van der Waals surface area contributed by atoms with Gasteiger partial charge in [-0.25, -0.2) is 4.79 Å². The van der Waals surface area contributed by atoms with Crippen LogP contribution in [0.25, 0.3) is 0 Å². The molecule has 6 heteroatoms. The van der Waals surface area contributed by atoms with Crippen LogP contribution >= 0.6 is 23.2 Å². The summed E-state index contributed by atoms with van der Waals surface area (Å²) in [5.74, 6) is 1.05. The molecule has 0 bridgehead atoms. The first-order valence-electron chi connectivity index (χ1n) is 5.64. The van der Waals surface area contributed by atoms with Gasteiger partial charge in [-0.1, -0.05) is 23.7 Å². The van der Waals surface area contributed by atoms with Crippen LogP contribution in [0.15, 0.2) is 29.3 Å². The van der Waals surface area contributed by atoms with E-state index in [0.717, 1.165) is 5.56 Å². The summed E-state index contributed by atoms with van der Waals surface area (Å²) in [6.45, 7) is 1.63. The third-order valence-corrected chi connectivity index (χ3v) is 2.96. The molecule has 1 aliphatic rings. The lowest BCUT2D eigenvalue weighted by Gasteiger charge is -2.18. The van der Waals surface area contributed by atoms with Gasteiger partial charge in [-0.05, 0) is 12.1 Å². The number of nitrogens with one attached hydrogen (secondary N) is 1. The summed E-state index contributed by atoms with van der Waals surface area (Å²) in [6.07, 6.45) is 0. The van der Waals surface area contributed by atoms with Crippen LogP contribution in [0.4, 0.5) is 4.79 Å². The Kier molecular flexibility index (Phi) is 4.44. The Labute approximate surface area is 116 Å². The number of carbonyl (C=O) groups is 1. The fourth-order valence-corrected chi connectivity index (χ4v) is 2.05. The number of urea groups is 1. The molecule has 0 aliphatic carbocycles. The number of halogens is 2. The summed E-state index contributed by atoms with van der Waals surface area (Å²) < 4.78 is 0. The Morgan fingerprint density at radius 3 is 3.06 bits per heavy atom. The lowest BCUT2D eigenvalue weighted by molar-refractivity contribution is 0.224. The molecule has 0 fully saturated rings. The van der Waals surface area contributed by atoms with Gasteiger partial charge in [0.1, 0.15) is 5.84 Å². The first kappa shape index (κ1) is 13.2. The summed E-state index contributed by atoms with van der Waals surface area (Å²) in [6, 6.07) is 7.14. The SMILES string of the molecule is O=C(NCCCl)N1CCN=C1c1cccc(Cl)c1. The van der Waals surface area contributed by atoms with Gasteiger partial charge in [-0.15, -0.1) is 11.6 Å². The van der Waals surface area contributed by atoms with Crippen LogP contribution in [0.3, 0.4) is 0 Å². The van der Waals surface area contributed by atoms with Crippen molar-refractivity contribution >= 4 is 35.1 Å². The molecule has 2 rings (SSSR count). The van der Waals surface area contributed by atoms with Crippen molar-refractivity contribution in [1.82, 2.24) is 10.2 Å². The van der Waals surface area contributed by atoms with E-state index in [1.54, 1.807) is 17.0 Å². The van der Waals surface area contributed by atoms with Crippen LogP contribution in [0.1, 0.15) is 5.56 Å². The van der Waals surface area contributed by atoms with Crippen LogP contribution in [0, 0.1) is 0 Å². The number of rotatable bonds is 3. The zero-order valence-electron chi connectivity index (χ0n) is 9.70. The Morgan fingerprint density at radius 2 is 2.33 bits per heavy atom. The Balaban J connectivity index is 2.15. The fraction of sp³-hybridized carbons (Fsp3) is 0.333. The lowest BCUT2D eigenvalue weighted by Crippen LogP contribution is -2.43. The highest BCUT2D eigenvalue weighted by Gasteiger charge is 2.24. The van der Waals surface area contributed by atoms with Crippen LogP contribution in [0.2, 0.25) is 5.02 Å². The predicted octanol–water partition coefficient (Wildman–Crippen LogP) is 2.35. The highest BCUT2D eigenvalue weighted by Crippen LogP contribution is 2.16. The zero-order chi connectivity index (χ0) is 13.0. The van der Waals surface area contributed by atoms with Crippen molar-refractivity contribution in [2.24, 2.45) is 4.99 Å². The van der Waals surface area contributed by atoms with E-state index in [2.05, 4.69) is 10.3 Å². The van der Waals surface area contributed by atoms with Gasteiger partial charge >= 0.3 is 6.03 Å². The third-order valence-electron chi connectivity index (χ3n) is 2.54. The number of carbonyl (C=O) groups excluding carboxylic acids is 1. The van der Waals surface area contributed by atoms with Gasteiger partial charge in [-0.3, -0.25) is 9.89 Å². The molecule has 18 heavy (non-hydrogen) atoms. The quantitative estimate of drug-likeness (QED) is 0.852. The second-order valence-corrected chi connectivity index (χ2v) is 4.60. The van der Waals surface area contributed by atoms with Gasteiger partial charge in [0, 0.05) is 29.6 Å². The van der Waals surface area contributed by atoms with E-state index in [4.69, 9.17) is 23.2 Å². The summed E-state index contributed by atoms with van der Waals surface area (Å²) >= 11 is 11.5. The third kappa shape index (κ3) is 2.94. The molecule has 0 saturated heterocycles. The number of hydrogen-bond acceptors (Lipinski definition) is 2. The molecule has 1 aromatic carbocycles. The topological polar surface area (TPSA) is 44.7 Å². The number of aliphatic imine (C=N–C) groups is 1. The number of amides is 2. The maximum absolute atomic E-state index is 11.9. The van der Waals surface area contributed by atoms with Crippen molar-refractivity contribution in [2.45, 2.75) is 0 Å². The maximum Gasteiger partial charge on any atom is 0.323 e. The molecule has 2 amide bonds. The van der Waals surface area contributed by atoms with Gasteiger partial charge in [-0.2, -0.15) is 0 Å². The molecular weight excluding hydrogens is 273 g/mol. The van der Waals surface area contributed by atoms with E-state index < -0.39 is 0 Å². The molecule has 0 radical (unpaired) electrons. The van der Waals surface area contributed by atoms with Crippen molar-refractivity contribution in [3.8, 4) is 0 Å². The predicted molar refractivity (Wildman–Crippen MR) is 73.7 cm³/mol. The number of benzene rings is 1. The van der Waals surface area contributed by atoms with E-state index in [1.807, 2.05) is 12.1 Å². The van der Waals surface area contributed by atoms with Crippen molar-refractivity contribution in [2.75, 3.05) is 25.5 Å². The minimum atomic E-state index is -0.174. The lowest BCUT2D eigenvalue weighted by atomic mass is 10.2. The standard InChI is InChI=1S/C12H13Cl2N3O/c13-4-5-16-12(18)17-7-6-15-11(17)9-2-1-3-10(14)8-9/h1-3,8H,4-7H2,(H,16,18). The van der Waals surface area contributed by atoms with E-state index in [9.17, 15) is 4.79 Å². The molecule has 1 aromatic rings. The highest BCUT2D eigenvalue weighted by molar-refractivity contribution is 6.31. The second-order valence-electron chi connectivity index (χ2n) is 3.79. The highest BCUT2D eigenvalue weighted by atomic mass is 35.5. The molecule has 1 heterocycles. The van der Waals surface area contributed by atoms with Crippen molar-refractivity contribution in [3.05, 3.63) is 34.9 Å². The molecule has 0 atom stereocenters. The molecule has 0 spiro atoms. The zero-order valence-corrected chi connectivity index (χ0v) is 11.2. The normalized spacial score (nSPS) is 14.6. The van der Waals surface area contributed by atoms with E-state index >= 15 is 0 Å². The van der Waals surface area contributed by atoms with Gasteiger partial charge in [0.15, 0.2) is 0 Å².